The lowest BCUT2D eigenvalue weighted by atomic mass is 10.2. The van der Waals surface area contributed by atoms with E-state index in [1.807, 2.05) is 10.3 Å². The van der Waals surface area contributed by atoms with E-state index >= 15 is 0 Å². The largest absolute Gasteiger partial charge is 0.340 e. The van der Waals surface area contributed by atoms with E-state index in [1.54, 1.807) is 6.07 Å². The third-order valence-corrected chi connectivity index (χ3v) is 5.17. The van der Waals surface area contributed by atoms with Crippen molar-refractivity contribution in [1.82, 2.24) is 14.9 Å². The maximum Gasteiger partial charge on any atom is 0.273 e. The summed E-state index contributed by atoms with van der Waals surface area (Å²) in [5, 5.41) is 5.07. The molecule has 8 heteroatoms. The van der Waals surface area contributed by atoms with Crippen molar-refractivity contribution in [2.45, 2.75) is 6.54 Å². The van der Waals surface area contributed by atoms with Gasteiger partial charge in [0, 0.05) is 31.7 Å². The molecule has 5 nitrogen and oxygen atoms in total. The number of anilines is 1. The first-order valence-corrected chi connectivity index (χ1v) is 8.89. The van der Waals surface area contributed by atoms with Crippen LogP contribution >= 0.6 is 11.3 Å². The van der Waals surface area contributed by atoms with E-state index < -0.39 is 11.6 Å². The summed E-state index contributed by atoms with van der Waals surface area (Å²) >= 11 is 1.31. The summed E-state index contributed by atoms with van der Waals surface area (Å²) in [6.07, 6.45) is 0. The molecule has 1 aliphatic heterocycles. The molecule has 3 aromatic rings. The van der Waals surface area contributed by atoms with Gasteiger partial charge in [0.25, 0.3) is 5.56 Å². The van der Waals surface area contributed by atoms with Gasteiger partial charge >= 0.3 is 0 Å². The van der Waals surface area contributed by atoms with E-state index in [0.29, 0.717) is 29.3 Å². The van der Waals surface area contributed by atoms with Crippen molar-refractivity contribution in [1.29, 1.82) is 0 Å². The lowest BCUT2D eigenvalue weighted by molar-refractivity contribution is 0.552. The monoisotopic (exact) mass is 362 g/mol. The summed E-state index contributed by atoms with van der Waals surface area (Å²) in [4.78, 5) is 19.6. The molecule has 0 unspecified atom stereocenters. The smallest absolute Gasteiger partial charge is 0.273 e. The molecule has 2 aromatic heterocycles. The molecule has 3 heterocycles. The Morgan fingerprint density at radius 3 is 2.80 bits per heavy atom. The van der Waals surface area contributed by atoms with Crippen LogP contribution in [0.25, 0.3) is 10.2 Å². The fraction of sp³-hybridized carbons (Fsp3) is 0.294. The molecule has 130 valence electrons. The molecule has 0 spiro atoms. The maximum absolute atomic E-state index is 14.1. The molecular weight excluding hydrogens is 346 g/mol. The van der Waals surface area contributed by atoms with E-state index in [1.165, 1.54) is 15.9 Å². The van der Waals surface area contributed by atoms with Crippen LogP contribution in [-0.2, 0) is 6.54 Å². The van der Waals surface area contributed by atoms with Crippen molar-refractivity contribution >= 4 is 27.5 Å². The fourth-order valence-electron chi connectivity index (χ4n) is 3.02. The van der Waals surface area contributed by atoms with Crippen LogP contribution in [0.1, 0.15) is 5.56 Å². The second-order valence-corrected chi connectivity index (χ2v) is 6.83. The number of nitrogens with zero attached hydrogens (tertiary/aromatic N) is 3. The van der Waals surface area contributed by atoms with Crippen LogP contribution < -0.4 is 15.8 Å². The normalized spacial score (nSPS) is 15.0. The second-order valence-electron chi connectivity index (χ2n) is 5.91. The van der Waals surface area contributed by atoms with Gasteiger partial charge in [-0.25, -0.2) is 13.8 Å². The summed E-state index contributed by atoms with van der Waals surface area (Å²) in [5.74, 6) is -0.565. The van der Waals surface area contributed by atoms with Crippen molar-refractivity contribution in [2.75, 3.05) is 31.1 Å². The Morgan fingerprint density at radius 1 is 1.20 bits per heavy atom. The predicted molar refractivity (Wildman–Crippen MR) is 94.4 cm³/mol. The predicted octanol–water partition coefficient (Wildman–Crippen LogP) is 2.19. The zero-order valence-corrected chi connectivity index (χ0v) is 14.2. The Labute approximate surface area is 146 Å². The van der Waals surface area contributed by atoms with Crippen LogP contribution in [0.3, 0.4) is 0 Å². The third kappa shape index (κ3) is 3.03. The minimum Gasteiger partial charge on any atom is -0.340 e. The van der Waals surface area contributed by atoms with Gasteiger partial charge < -0.3 is 10.2 Å². The lowest BCUT2D eigenvalue weighted by Crippen LogP contribution is -2.46. The number of piperazine rings is 1. The van der Waals surface area contributed by atoms with Gasteiger partial charge in [0.15, 0.2) is 0 Å². The first kappa shape index (κ1) is 16.2. The number of hydrogen-bond donors (Lipinski definition) is 1. The molecule has 1 fully saturated rings. The lowest BCUT2D eigenvalue weighted by Gasteiger charge is -2.30. The van der Waals surface area contributed by atoms with Gasteiger partial charge in [0.2, 0.25) is 5.95 Å². The number of benzene rings is 1. The molecular formula is C17H16F2N4OS. The molecule has 1 saturated heterocycles. The summed E-state index contributed by atoms with van der Waals surface area (Å²) in [6.45, 7) is 2.92. The van der Waals surface area contributed by atoms with Crippen LogP contribution in [0, 0.1) is 11.6 Å². The second kappa shape index (κ2) is 6.53. The maximum atomic E-state index is 14.1. The number of thiophene rings is 1. The minimum atomic E-state index is -0.536. The molecule has 0 amide bonds. The summed E-state index contributed by atoms with van der Waals surface area (Å²) < 4.78 is 29.6. The minimum absolute atomic E-state index is 0.0530. The molecule has 0 radical (unpaired) electrons. The zero-order chi connectivity index (χ0) is 17.4. The van der Waals surface area contributed by atoms with Gasteiger partial charge in [-0.15, -0.1) is 11.3 Å². The van der Waals surface area contributed by atoms with E-state index in [-0.39, 0.29) is 17.7 Å². The molecule has 0 saturated carbocycles. The standard InChI is InChI=1S/C17H16F2N4OS/c18-12-1-2-13(19)11(9-12)10-23-16(24)15-14(3-8-25-15)21-17(23)22-6-4-20-5-7-22/h1-3,8-9,20H,4-7,10H2. The molecule has 1 aromatic carbocycles. The molecule has 0 bridgehead atoms. The summed E-state index contributed by atoms with van der Waals surface area (Å²) in [6, 6.07) is 5.08. The molecule has 25 heavy (non-hydrogen) atoms. The van der Waals surface area contributed by atoms with Crippen LogP contribution in [0.5, 0.6) is 0 Å². The van der Waals surface area contributed by atoms with Crippen LogP contribution in [0.2, 0.25) is 0 Å². The van der Waals surface area contributed by atoms with E-state index in [0.717, 1.165) is 31.3 Å². The van der Waals surface area contributed by atoms with Gasteiger partial charge in [-0.05, 0) is 29.6 Å². The highest BCUT2D eigenvalue weighted by Crippen LogP contribution is 2.21. The van der Waals surface area contributed by atoms with Crippen molar-refractivity contribution in [3.05, 3.63) is 57.2 Å². The van der Waals surface area contributed by atoms with Crippen LogP contribution in [0.15, 0.2) is 34.4 Å². The number of fused-ring (bicyclic) bond motifs is 1. The van der Waals surface area contributed by atoms with E-state index in [4.69, 9.17) is 0 Å². The Balaban J connectivity index is 1.86. The van der Waals surface area contributed by atoms with Gasteiger partial charge in [0.1, 0.15) is 16.3 Å². The topological polar surface area (TPSA) is 50.2 Å². The Bertz CT molecular complexity index is 978. The van der Waals surface area contributed by atoms with E-state index in [2.05, 4.69) is 10.3 Å². The van der Waals surface area contributed by atoms with Gasteiger partial charge in [0.05, 0.1) is 12.1 Å². The number of halogens is 2. The average Bonchev–Trinajstić information content (AvgIpc) is 3.10. The zero-order valence-electron chi connectivity index (χ0n) is 13.3. The molecule has 4 rings (SSSR count). The number of nitrogens with one attached hydrogen (secondary N) is 1. The first-order valence-electron chi connectivity index (χ1n) is 8.01. The molecule has 0 aliphatic carbocycles. The SMILES string of the molecule is O=c1c2sccc2nc(N2CCNCC2)n1Cc1cc(F)ccc1F. The van der Waals surface area contributed by atoms with Crippen molar-refractivity contribution in [2.24, 2.45) is 0 Å². The van der Waals surface area contributed by atoms with Crippen molar-refractivity contribution in [3.63, 3.8) is 0 Å². The highest BCUT2D eigenvalue weighted by molar-refractivity contribution is 7.17. The van der Waals surface area contributed by atoms with E-state index in [9.17, 15) is 13.6 Å². The van der Waals surface area contributed by atoms with Crippen LogP contribution in [-0.4, -0.2) is 35.7 Å². The fourth-order valence-corrected chi connectivity index (χ4v) is 3.79. The average molecular weight is 362 g/mol. The van der Waals surface area contributed by atoms with Crippen molar-refractivity contribution in [3.8, 4) is 0 Å². The highest BCUT2D eigenvalue weighted by atomic mass is 32.1. The van der Waals surface area contributed by atoms with Crippen molar-refractivity contribution < 1.29 is 8.78 Å². The molecule has 1 aliphatic rings. The third-order valence-electron chi connectivity index (χ3n) is 4.28. The van der Waals surface area contributed by atoms with Crippen LogP contribution in [0.4, 0.5) is 14.7 Å². The first-order chi connectivity index (χ1) is 12.1. The summed E-state index contributed by atoms with van der Waals surface area (Å²) in [5.41, 5.74) is 0.549. The molecule has 1 N–H and O–H groups in total. The number of hydrogen-bond acceptors (Lipinski definition) is 5. The Hall–Kier alpha value is -2.32. The number of aromatic nitrogens is 2. The number of rotatable bonds is 3. The van der Waals surface area contributed by atoms with Gasteiger partial charge in [-0.2, -0.15) is 0 Å². The Morgan fingerprint density at radius 2 is 2.00 bits per heavy atom. The molecule has 0 atom stereocenters. The van der Waals surface area contributed by atoms with Gasteiger partial charge in [-0.3, -0.25) is 9.36 Å². The van der Waals surface area contributed by atoms with Gasteiger partial charge in [-0.1, -0.05) is 0 Å². The highest BCUT2D eigenvalue weighted by Gasteiger charge is 2.20. The quantitative estimate of drug-likeness (QED) is 0.776. The Kier molecular flexibility index (Phi) is 4.22. The summed E-state index contributed by atoms with van der Waals surface area (Å²) in [7, 11) is 0.